The maximum atomic E-state index is 11.0. The van der Waals surface area contributed by atoms with Gasteiger partial charge in [0.25, 0.3) is 5.69 Å². The fourth-order valence-corrected chi connectivity index (χ4v) is 1.70. The second-order valence-corrected chi connectivity index (χ2v) is 3.75. The summed E-state index contributed by atoms with van der Waals surface area (Å²) in [5, 5.41) is 22.8. The number of carboxylic acids is 1. The summed E-state index contributed by atoms with van der Waals surface area (Å²) in [6.07, 6.45) is 0. The Labute approximate surface area is 98.4 Å². The summed E-state index contributed by atoms with van der Waals surface area (Å²) in [7, 11) is 1.69. The van der Waals surface area contributed by atoms with Gasteiger partial charge in [0, 0.05) is 17.2 Å². The quantitative estimate of drug-likeness (QED) is 0.617. The molecule has 1 atom stereocenters. The summed E-state index contributed by atoms with van der Waals surface area (Å²) in [5.74, 6) is -1.16. The predicted octanol–water partition coefficient (Wildman–Crippen LogP) is 1.88. The molecule has 0 radical (unpaired) electrons. The number of aromatic carboxylic acids is 1. The normalized spacial score (nSPS) is 12.2. The van der Waals surface area contributed by atoms with Gasteiger partial charge in [-0.05, 0) is 33.0 Å². The zero-order valence-corrected chi connectivity index (χ0v) is 9.85. The molecule has 1 unspecified atom stereocenters. The van der Waals surface area contributed by atoms with Gasteiger partial charge in [-0.25, -0.2) is 4.79 Å². The van der Waals surface area contributed by atoms with Crippen LogP contribution in [0.15, 0.2) is 12.1 Å². The number of benzene rings is 1. The molecular weight excluding hydrogens is 224 g/mol. The summed E-state index contributed by atoms with van der Waals surface area (Å²) in [4.78, 5) is 21.4. The smallest absolute Gasteiger partial charge is 0.336 e. The number of nitrogens with zero attached hydrogens (tertiary/aromatic N) is 1. The van der Waals surface area contributed by atoms with Gasteiger partial charge < -0.3 is 10.4 Å². The molecule has 0 aliphatic rings. The highest BCUT2D eigenvalue weighted by Gasteiger charge is 2.25. The minimum Gasteiger partial charge on any atom is -0.478 e. The lowest BCUT2D eigenvalue weighted by Crippen LogP contribution is -2.15. The molecule has 6 heteroatoms. The molecule has 0 aromatic heterocycles. The van der Waals surface area contributed by atoms with Gasteiger partial charge in [0.15, 0.2) is 0 Å². The number of nitrogens with one attached hydrogen (secondary N) is 1. The second kappa shape index (κ2) is 4.92. The molecule has 1 aromatic rings. The highest BCUT2D eigenvalue weighted by atomic mass is 16.6. The molecule has 1 aromatic carbocycles. The predicted molar refractivity (Wildman–Crippen MR) is 62.3 cm³/mol. The third-order valence-corrected chi connectivity index (χ3v) is 2.77. The maximum absolute atomic E-state index is 11.0. The van der Waals surface area contributed by atoms with Gasteiger partial charge in [-0.15, -0.1) is 0 Å². The van der Waals surface area contributed by atoms with Crippen LogP contribution in [0.25, 0.3) is 0 Å². The second-order valence-electron chi connectivity index (χ2n) is 3.75. The van der Waals surface area contributed by atoms with Crippen LogP contribution < -0.4 is 5.32 Å². The molecule has 0 amide bonds. The maximum Gasteiger partial charge on any atom is 0.336 e. The Morgan fingerprint density at radius 2 is 2.12 bits per heavy atom. The Morgan fingerprint density at radius 3 is 2.53 bits per heavy atom. The first kappa shape index (κ1) is 13.1. The average Bonchev–Trinajstić information content (AvgIpc) is 2.26. The largest absolute Gasteiger partial charge is 0.478 e. The van der Waals surface area contributed by atoms with E-state index in [1.54, 1.807) is 14.0 Å². The van der Waals surface area contributed by atoms with Crippen LogP contribution in [0.2, 0.25) is 0 Å². The molecule has 0 bridgehead atoms. The monoisotopic (exact) mass is 238 g/mol. The van der Waals surface area contributed by atoms with Crippen LogP contribution in [-0.4, -0.2) is 23.0 Å². The van der Waals surface area contributed by atoms with Gasteiger partial charge in [0.1, 0.15) is 0 Å². The van der Waals surface area contributed by atoms with Gasteiger partial charge in [-0.3, -0.25) is 10.1 Å². The molecule has 2 N–H and O–H groups in total. The van der Waals surface area contributed by atoms with Crippen molar-refractivity contribution in [1.29, 1.82) is 0 Å². The lowest BCUT2D eigenvalue weighted by molar-refractivity contribution is -0.386. The Morgan fingerprint density at radius 1 is 1.53 bits per heavy atom. The lowest BCUT2D eigenvalue weighted by atomic mass is 9.98. The van der Waals surface area contributed by atoms with Crippen molar-refractivity contribution in [2.45, 2.75) is 19.9 Å². The molecule has 17 heavy (non-hydrogen) atoms. The lowest BCUT2D eigenvalue weighted by Gasteiger charge is -2.13. The standard InChI is InChI=1S/C11H14N2O4/c1-6-8(11(14)15)4-5-9(7(2)12-3)10(6)13(16)17/h4-5,7,12H,1-3H3,(H,14,15). The van der Waals surface area contributed by atoms with Crippen LogP contribution in [0.3, 0.4) is 0 Å². The van der Waals surface area contributed by atoms with Crippen LogP contribution in [0.4, 0.5) is 5.69 Å². The number of carbonyl (C=O) groups is 1. The van der Waals surface area contributed by atoms with E-state index in [2.05, 4.69) is 5.32 Å². The van der Waals surface area contributed by atoms with E-state index in [4.69, 9.17) is 5.11 Å². The van der Waals surface area contributed by atoms with Crippen molar-refractivity contribution >= 4 is 11.7 Å². The molecule has 0 heterocycles. The Balaban J connectivity index is 3.50. The number of hydrogen-bond donors (Lipinski definition) is 2. The zero-order chi connectivity index (χ0) is 13.2. The summed E-state index contributed by atoms with van der Waals surface area (Å²) in [6, 6.07) is 2.67. The van der Waals surface area contributed by atoms with Crippen molar-refractivity contribution in [2.75, 3.05) is 7.05 Å². The number of rotatable bonds is 4. The van der Waals surface area contributed by atoms with E-state index >= 15 is 0 Å². The highest BCUT2D eigenvalue weighted by Crippen LogP contribution is 2.30. The SMILES string of the molecule is CNC(C)c1ccc(C(=O)O)c(C)c1[N+](=O)[O-]. The number of carboxylic acid groups (broad SMARTS) is 1. The minimum absolute atomic E-state index is 0.0382. The van der Waals surface area contributed by atoms with E-state index < -0.39 is 10.9 Å². The Bertz CT molecular complexity index is 471. The first-order chi connectivity index (χ1) is 7.90. The van der Waals surface area contributed by atoms with E-state index in [0.717, 1.165) is 0 Å². The molecule has 1 rings (SSSR count). The summed E-state index contributed by atoms with van der Waals surface area (Å²) < 4.78 is 0. The van der Waals surface area contributed by atoms with Crippen molar-refractivity contribution in [3.63, 3.8) is 0 Å². The van der Waals surface area contributed by atoms with Gasteiger partial charge in [0.2, 0.25) is 0 Å². The molecule has 0 saturated carbocycles. The van der Waals surface area contributed by atoms with Gasteiger partial charge in [-0.2, -0.15) is 0 Å². The average molecular weight is 238 g/mol. The molecular formula is C11H14N2O4. The summed E-state index contributed by atoms with van der Waals surface area (Å²) >= 11 is 0. The van der Waals surface area contributed by atoms with Crippen LogP contribution >= 0.6 is 0 Å². The fourth-order valence-electron chi connectivity index (χ4n) is 1.70. The van der Waals surface area contributed by atoms with Crippen LogP contribution in [0, 0.1) is 17.0 Å². The van der Waals surface area contributed by atoms with Gasteiger partial charge in [-0.1, -0.05) is 0 Å². The van der Waals surface area contributed by atoms with Crippen LogP contribution in [-0.2, 0) is 0 Å². The van der Waals surface area contributed by atoms with Crippen LogP contribution in [0.1, 0.15) is 34.5 Å². The van der Waals surface area contributed by atoms with E-state index in [0.29, 0.717) is 5.56 Å². The fraction of sp³-hybridized carbons (Fsp3) is 0.364. The highest BCUT2D eigenvalue weighted by molar-refractivity contribution is 5.91. The number of nitro benzene ring substituents is 1. The van der Waals surface area contributed by atoms with E-state index in [9.17, 15) is 14.9 Å². The van der Waals surface area contributed by atoms with Gasteiger partial charge in [0.05, 0.1) is 10.5 Å². The number of nitro groups is 1. The van der Waals surface area contributed by atoms with Crippen LogP contribution in [0.5, 0.6) is 0 Å². The van der Waals surface area contributed by atoms with E-state index in [1.807, 2.05) is 0 Å². The molecule has 0 fully saturated rings. The third kappa shape index (κ3) is 2.42. The van der Waals surface area contributed by atoms with Gasteiger partial charge >= 0.3 is 5.97 Å². The van der Waals surface area contributed by atoms with E-state index in [1.165, 1.54) is 19.1 Å². The molecule has 92 valence electrons. The van der Waals surface area contributed by atoms with Crippen molar-refractivity contribution < 1.29 is 14.8 Å². The molecule has 6 nitrogen and oxygen atoms in total. The molecule has 0 spiro atoms. The third-order valence-electron chi connectivity index (χ3n) is 2.77. The zero-order valence-electron chi connectivity index (χ0n) is 9.85. The summed E-state index contributed by atoms with van der Waals surface area (Å²) in [6.45, 7) is 3.23. The first-order valence-electron chi connectivity index (χ1n) is 5.08. The Hall–Kier alpha value is -1.95. The van der Waals surface area contributed by atoms with Crippen molar-refractivity contribution in [3.8, 4) is 0 Å². The van der Waals surface area contributed by atoms with Crippen molar-refractivity contribution in [3.05, 3.63) is 38.9 Å². The van der Waals surface area contributed by atoms with Crippen molar-refractivity contribution in [2.24, 2.45) is 0 Å². The molecule has 0 aliphatic heterocycles. The van der Waals surface area contributed by atoms with E-state index in [-0.39, 0.29) is 22.9 Å². The topological polar surface area (TPSA) is 92.5 Å². The first-order valence-corrected chi connectivity index (χ1v) is 5.08. The summed E-state index contributed by atoms with van der Waals surface area (Å²) in [5.41, 5.74) is 0.498. The number of hydrogen-bond acceptors (Lipinski definition) is 4. The Kier molecular flexibility index (Phi) is 3.80. The molecule has 0 saturated heterocycles. The minimum atomic E-state index is -1.16. The van der Waals surface area contributed by atoms with Crippen molar-refractivity contribution in [1.82, 2.24) is 5.32 Å². The molecule has 0 aliphatic carbocycles.